The number of nitrogens with one attached hydrogen (secondary N) is 1. The van der Waals surface area contributed by atoms with E-state index in [2.05, 4.69) is 9.71 Å². The third kappa shape index (κ3) is 6.89. The van der Waals surface area contributed by atoms with Crippen LogP contribution in [0.3, 0.4) is 0 Å². The normalized spacial score (nSPS) is 19.1. The Morgan fingerprint density at radius 1 is 1.17 bits per heavy atom. The number of imidazole rings is 1. The number of sulfonamides is 2. The molecule has 222 valence electrons. The number of aliphatic hydroxyl groups excluding tert-OH is 1. The summed E-state index contributed by atoms with van der Waals surface area (Å²) < 4.78 is 63.8. The Labute approximate surface area is 240 Å². The Morgan fingerprint density at radius 2 is 1.88 bits per heavy atom. The highest BCUT2D eigenvalue weighted by atomic mass is 32.2. The van der Waals surface area contributed by atoms with Crippen molar-refractivity contribution in [2.24, 2.45) is 13.0 Å². The molecule has 0 aliphatic carbocycles. The van der Waals surface area contributed by atoms with Gasteiger partial charge in [-0.25, -0.2) is 21.8 Å². The van der Waals surface area contributed by atoms with Gasteiger partial charge in [-0.15, -0.1) is 0 Å². The van der Waals surface area contributed by atoms with E-state index in [9.17, 15) is 26.7 Å². The number of aromatic nitrogens is 2. The molecule has 0 saturated carbocycles. The predicted octanol–water partition coefficient (Wildman–Crippen LogP) is 1.69. The van der Waals surface area contributed by atoms with Gasteiger partial charge >= 0.3 is 0 Å². The van der Waals surface area contributed by atoms with Crippen LogP contribution in [0.1, 0.15) is 19.4 Å². The molecule has 1 amide bonds. The fourth-order valence-electron chi connectivity index (χ4n) is 4.56. The first kappa shape index (κ1) is 30.5. The van der Waals surface area contributed by atoms with E-state index in [1.807, 2.05) is 6.92 Å². The van der Waals surface area contributed by atoms with Crippen LogP contribution in [0.15, 0.2) is 71.0 Å². The lowest BCUT2D eigenvalue weighted by Gasteiger charge is -2.33. The topological polar surface area (TPSA) is 151 Å². The molecule has 4 rings (SSSR count). The van der Waals surface area contributed by atoms with Gasteiger partial charge in [0.25, 0.3) is 20.0 Å². The highest BCUT2D eigenvalue weighted by Gasteiger charge is 2.34. The van der Waals surface area contributed by atoms with Crippen LogP contribution in [0.4, 0.5) is 5.69 Å². The maximum absolute atomic E-state index is 13.4. The number of ether oxygens (including phenoxy) is 1. The molecular weight excluding hydrogens is 570 g/mol. The quantitative estimate of drug-likeness (QED) is 0.374. The van der Waals surface area contributed by atoms with Gasteiger partial charge in [0, 0.05) is 44.0 Å². The van der Waals surface area contributed by atoms with E-state index in [-0.39, 0.29) is 53.6 Å². The molecule has 0 spiro atoms. The molecule has 2 heterocycles. The van der Waals surface area contributed by atoms with Gasteiger partial charge in [-0.1, -0.05) is 25.1 Å². The summed E-state index contributed by atoms with van der Waals surface area (Å²) in [5, 5.41) is 9.75. The summed E-state index contributed by atoms with van der Waals surface area (Å²) in [6, 6.07) is 12.0. The number of fused-ring (bicyclic) bond motifs is 1. The van der Waals surface area contributed by atoms with Crippen molar-refractivity contribution in [3.05, 3.63) is 66.6 Å². The van der Waals surface area contributed by atoms with Crippen LogP contribution in [0.5, 0.6) is 5.75 Å². The first-order valence-electron chi connectivity index (χ1n) is 13.0. The summed E-state index contributed by atoms with van der Waals surface area (Å²) in [6.07, 6.45) is 2.01. The molecule has 1 aliphatic rings. The number of aryl methyl sites for hydroxylation is 1. The number of hydrogen-bond donors (Lipinski definition) is 2. The third-order valence-electron chi connectivity index (χ3n) is 7.02. The smallest absolute Gasteiger partial charge is 0.261 e. The Balaban J connectivity index is 1.68. The van der Waals surface area contributed by atoms with Crippen LogP contribution in [0, 0.1) is 5.92 Å². The zero-order valence-electron chi connectivity index (χ0n) is 23.3. The molecule has 0 radical (unpaired) electrons. The van der Waals surface area contributed by atoms with E-state index in [1.165, 1.54) is 43.8 Å². The Kier molecular flexibility index (Phi) is 9.07. The number of nitrogens with zero attached hydrogens (tertiary/aromatic N) is 4. The van der Waals surface area contributed by atoms with Gasteiger partial charge in [-0.3, -0.25) is 9.52 Å². The molecule has 0 bridgehead atoms. The number of benzene rings is 2. The average molecular weight is 606 g/mol. The van der Waals surface area contributed by atoms with Gasteiger partial charge in [0.2, 0.25) is 5.91 Å². The zero-order chi connectivity index (χ0) is 29.9. The first-order chi connectivity index (χ1) is 19.3. The van der Waals surface area contributed by atoms with E-state index >= 15 is 0 Å². The molecule has 1 aliphatic heterocycles. The van der Waals surface area contributed by atoms with Gasteiger partial charge in [0.1, 0.15) is 11.9 Å². The zero-order valence-corrected chi connectivity index (χ0v) is 25.0. The molecule has 3 aromatic rings. The fraction of sp³-hybridized carbons (Fsp3) is 0.407. The fourth-order valence-corrected chi connectivity index (χ4v) is 6.77. The Hall–Kier alpha value is -3.46. The first-order valence-corrected chi connectivity index (χ1v) is 16.0. The molecule has 2 N–H and O–H groups in total. The van der Waals surface area contributed by atoms with Gasteiger partial charge in [0.15, 0.2) is 5.03 Å². The highest BCUT2D eigenvalue weighted by molar-refractivity contribution is 7.92. The number of hydrogen-bond acceptors (Lipinski definition) is 8. The molecule has 14 heteroatoms. The van der Waals surface area contributed by atoms with Gasteiger partial charge in [-0.05, 0) is 37.3 Å². The number of carbonyl (C=O) groups excluding carboxylic acids is 1. The molecule has 41 heavy (non-hydrogen) atoms. The Bertz CT molecular complexity index is 1590. The van der Waals surface area contributed by atoms with Crippen molar-refractivity contribution < 1.29 is 31.5 Å². The van der Waals surface area contributed by atoms with E-state index in [1.54, 1.807) is 47.7 Å². The van der Waals surface area contributed by atoms with Crippen molar-refractivity contribution >= 4 is 31.6 Å². The SMILES string of the molecule is C[C@@H]1CN([C@@H](C)CO)C(=O)Cc2cc(NS(=O)(=O)c3ccccc3)ccc2O[C@H]1CN(C)S(=O)(=O)c1cn(C)cn1. The standard InChI is InChI=1S/C27H35N5O7S2/c1-19-14-32(20(2)17-33)27(34)13-21-12-22(29-40(35,36)23-8-6-5-7-9-23)10-11-24(21)39-25(19)15-31(4)41(37,38)26-16-30(3)18-28-26/h5-12,16,18-20,25,29,33H,13-15,17H2,1-4H3/t19-,20+,25+/m1/s1. The maximum Gasteiger partial charge on any atom is 0.261 e. The molecule has 3 atom stereocenters. The number of carbonyl (C=O) groups is 1. The minimum Gasteiger partial charge on any atom is -0.488 e. The lowest BCUT2D eigenvalue weighted by Crippen LogP contribution is -2.48. The minimum absolute atomic E-state index is 0.0442. The Morgan fingerprint density at radius 3 is 2.51 bits per heavy atom. The van der Waals surface area contributed by atoms with Crippen LogP contribution in [-0.4, -0.2) is 85.5 Å². The summed E-state index contributed by atoms with van der Waals surface area (Å²) >= 11 is 0. The second kappa shape index (κ2) is 12.2. The monoisotopic (exact) mass is 605 g/mol. The summed E-state index contributed by atoms with van der Waals surface area (Å²) in [4.78, 5) is 19.0. The molecule has 0 saturated heterocycles. The van der Waals surface area contributed by atoms with Crippen LogP contribution in [-0.2, 0) is 38.3 Å². The van der Waals surface area contributed by atoms with Crippen molar-refractivity contribution in [1.29, 1.82) is 0 Å². The number of aliphatic hydroxyl groups is 1. The van der Waals surface area contributed by atoms with E-state index in [4.69, 9.17) is 4.74 Å². The molecule has 12 nitrogen and oxygen atoms in total. The van der Waals surface area contributed by atoms with Gasteiger partial charge in [0.05, 0.1) is 36.8 Å². The summed E-state index contributed by atoms with van der Waals surface area (Å²) in [6.45, 7) is 3.48. The van der Waals surface area contributed by atoms with Crippen LogP contribution >= 0.6 is 0 Å². The van der Waals surface area contributed by atoms with Gasteiger partial charge < -0.3 is 19.3 Å². The van der Waals surface area contributed by atoms with E-state index in [0.717, 1.165) is 4.31 Å². The van der Waals surface area contributed by atoms with Crippen LogP contribution < -0.4 is 9.46 Å². The number of amides is 1. The predicted molar refractivity (Wildman–Crippen MR) is 152 cm³/mol. The average Bonchev–Trinajstić information content (AvgIpc) is 3.40. The molecule has 0 fully saturated rings. The summed E-state index contributed by atoms with van der Waals surface area (Å²) in [5.41, 5.74) is 0.664. The molecular formula is C27H35N5O7S2. The molecule has 1 aromatic heterocycles. The van der Waals surface area contributed by atoms with Crippen molar-refractivity contribution in [3.63, 3.8) is 0 Å². The van der Waals surface area contributed by atoms with E-state index < -0.39 is 32.2 Å². The second-order valence-corrected chi connectivity index (χ2v) is 14.0. The van der Waals surface area contributed by atoms with Crippen LogP contribution in [0.25, 0.3) is 0 Å². The summed E-state index contributed by atoms with van der Waals surface area (Å²) in [5.74, 6) is -0.280. The highest BCUT2D eigenvalue weighted by Crippen LogP contribution is 2.30. The van der Waals surface area contributed by atoms with E-state index in [0.29, 0.717) is 11.3 Å². The van der Waals surface area contributed by atoms with Crippen molar-refractivity contribution in [1.82, 2.24) is 18.8 Å². The summed E-state index contributed by atoms with van der Waals surface area (Å²) in [7, 11) is -4.69. The lowest BCUT2D eigenvalue weighted by atomic mass is 10.0. The molecule has 2 aromatic carbocycles. The maximum atomic E-state index is 13.4. The largest absolute Gasteiger partial charge is 0.488 e. The number of likely N-dealkylation sites (N-methyl/N-ethyl adjacent to an activating group) is 1. The van der Waals surface area contributed by atoms with Gasteiger partial charge in [-0.2, -0.15) is 4.31 Å². The lowest BCUT2D eigenvalue weighted by molar-refractivity contribution is -0.134. The number of rotatable bonds is 9. The third-order valence-corrected chi connectivity index (χ3v) is 10.1. The molecule has 0 unspecified atom stereocenters. The van der Waals surface area contributed by atoms with Crippen LogP contribution in [0.2, 0.25) is 0 Å². The van der Waals surface area contributed by atoms with Crippen molar-refractivity contribution in [2.45, 2.75) is 42.3 Å². The van der Waals surface area contributed by atoms with Crippen molar-refractivity contribution in [2.75, 3.05) is 31.5 Å². The number of anilines is 1. The second-order valence-electron chi connectivity index (χ2n) is 10.3. The minimum atomic E-state index is -3.92. The van der Waals surface area contributed by atoms with Crippen molar-refractivity contribution in [3.8, 4) is 5.75 Å².